The summed E-state index contributed by atoms with van der Waals surface area (Å²) in [6, 6.07) is 0. The van der Waals surface area contributed by atoms with Crippen molar-refractivity contribution < 1.29 is 33.3 Å². The Labute approximate surface area is 168 Å². The van der Waals surface area contributed by atoms with E-state index < -0.39 is 48.6 Å². The number of aryl methyl sites for hydroxylation is 1. The molecule has 1 fully saturated rings. The highest BCUT2D eigenvalue weighted by molar-refractivity contribution is 7.54. The number of rotatable bonds is 8. The zero-order chi connectivity index (χ0) is 22.2. The highest BCUT2D eigenvalue weighted by atomic mass is 31.2. The Balaban J connectivity index is 2.21. The van der Waals surface area contributed by atoms with Crippen LogP contribution in [0, 0.1) is 6.92 Å². The minimum absolute atomic E-state index is 0.00498. The number of hydrogen-bond acceptors (Lipinski definition) is 7. The fourth-order valence-corrected chi connectivity index (χ4v) is 4.46. The van der Waals surface area contributed by atoms with E-state index >= 15 is 0 Å². The van der Waals surface area contributed by atoms with Gasteiger partial charge in [0.15, 0.2) is 11.5 Å². The molecule has 0 aliphatic carbocycles. The number of aliphatic hydroxyl groups excluding tert-OH is 1. The van der Waals surface area contributed by atoms with Crippen LogP contribution in [0.25, 0.3) is 0 Å². The van der Waals surface area contributed by atoms with E-state index in [4.69, 9.17) is 9.26 Å². The van der Waals surface area contributed by atoms with E-state index in [0.29, 0.717) is 0 Å². The number of halogens is 1. The molecule has 0 aromatic carbocycles. The maximum absolute atomic E-state index is 14.7. The Morgan fingerprint density at radius 2 is 2.00 bits per heavy atom. The van der Waals surface area contributed by atoms with Crippen molar-refractivity contribution in [1.29, 1.82) is 0 Å². The summed E-state index contributed by atoms with van der Waals surface area (Å²) in [6.07, 6.45) is -4.18. The van der Waals surface area contributed by atoms with Crippen LogP contribution in [0.15, 0.2) is 11.0 Å². The summed E-state index contributed by atoms with van der Waals surface area (Å²) in [5.74, 6) is 0. The lowest BCUT2D eigenvalue weighted by atomic mass is 9.93. The van der Waals surface area contributed by atoms with Crippen LogP contribution in [-0.2, 0) is 13.8 Å². The van der Waals surface area contributed by atoms with Gasteiger partial charge in [0.05, 0.1) is 17.4 Å². The largest absolute Gasteiger partial charge is 0.387 e. The first-order chi connectivity index (χ1) is 13.3. The zero-order valence-corrected chi connectivity index (χ0v) is 18.1. The van der Waals surface area contributed by atoms with Crippen molar-refractivity contribution in [2.24, 2.45) is 0 Å². The average Bonchev–Trinajstić information content (AvgIpc) is 2.91. The van der Waals surface area contributed by atoms with Crippen LogP contribution in [0.1, 0.15) is 64.4 Å². The third-order valence-corrected chi connectivity index (χ3v) is 7.81. The SMILES string of the molecule is CCC(C)(CC1OC(c2c[nH]c(=O)c(C)n2)C(F)C1O)OP(=O)(O)C(C)(O)CC. The molecular formula is C18H30FN2O7P. The second-order valence-electron chi connectivity index (χ2n) is 7.96. The van der Waals surface area contributed by atoms with Gasteiger partial charge in [-0.2, -0.15) is 0 Å². The van der Waals surface area contributed by atoms with Crippen LogP contribution >= 0.6 is 7.60 Å². The first-order valence-electron chi connectivity index (χ1n) is 9.56. The summed E-state index contributed by atoms with van der Waals surface area (Å²) in [5, 5.41) is 18.6. The maximum atomic E-state index is 14.7. The van der Waals surface area contributed by atoms with Crippen molar-refractivity contribution in [3.63, 3.8) is 0 Å². The molecule has 11 heteroatoms. The van der Waals surface area contributed by atoms with Crippen LogP contribution in [0.3, 0.4) is 0 Å². The summed E-state index contributed by atoms with van der Waals surface area (Å²) < 4.78 is 38.4. The molecule has 4 N–H and O–H groups in total. The van der Waals surface area contributed by atoms with Crippen LogP contribution in [0.2, 0.25) is 0 Å². The van der Waals surface area contributed by atoms with Gasteiger partial charge in [0.1, 0.15) is 17.9 Å². The average molecular weight is 436 g/mol. The third-order valence-electron chi connectivity index (χ3n) is 5.59. The minimum Gasteiger partial charge on any atom is -0.387 e. The molecule has 2 rings (SSSR count). The fraction of sp³-hybridized carbons (Fsp3) is 0.778. The molecule has 9 nitrogen and oxygen atoms in total. The van der Waals surface area contributed by atoms with Gasteiger partial charge in [-0.1, -0.05) is 13.8 Å². The molecule has 0 amide bonds. The summed E-state index contributed by atoms with van der Waals surface area (Å²) in [5.41, 5.74) is -1.40. The smallest absolute Gasteiger partial charge is 0.359 e. The number of alkyl halides is 1. The van der Waals surface area contributed by atoms with Crippen LogP contribution in [0.5, 0.6) is 0 Å². The second-order valence-corrected chi connectivity index (χ2v) is 10.1. The first-order valence-corrected chi connectivity index (χ1v) is 11.1. The molecule has 7 unspecified atom stereocenters. The zero-order valence-electron chi connectivity index (χ0n) is 17.3. The summed E-state index contributed by atoms with van der Waals surface area (Å²) in [7, 11) is -4.44. The molecule has 166 valence electrons. The molecule has 0 radical (unpaired) electrons. The standard InChI is InChI=1S/C18H30FN2O7P/c1-6-17(4,28-29(25,26)18(5,24)7-2)8-12-14(22)13(19)15(27-12)11-9-20-16(23)10(3)21-11/h9,12-15,22,24H,6-8H2,1-5H3,(H,20,23)(H,25,26). The van der Waals surface area contributed by atoms with Crippen LogP contribution in [0.4, 0.5) is 4.39 Å². The van der Waals surface area contributed by atoms with E-state index in [9.17, 15) is 28.9 Å². The minimum atomic E-state index is -4.44. The molecule has 2 heterocycles. The number of aromatic nitrogens is 2. The van der Waals surface area contributed by atoms with Crippen molar-refractivity contribution in [1.82, 2.24) is 9.97 Å². The maximum Gasteiger partial charge on any atom is 0.359 e. The van der Waals surface area contributed by atoms with Gasteiger partial charge in [-0.25, -0.2) is 9.37 Å². The lowest BCUT2D eigenvalue weighted by Crippen LogP contribution is -2.39. The van der Waals surface area contributed by atoms with Crippen molar-refractivity contribution >= 4 is 7.60 Å². The predicted octanol–water partition coefficient (Wildman–Crippen LogP) is 2.10. The van der Waals surface area contributed by atoms with E-state index in [2.05, 4.69) is 9.97 Å². The van der Waals surface area contributed by atoms with Gasteiger partial charge in [-0.3, -0.25) is 9.36 Å². The molecule has 1 aliphatic rings. The van der Waals surface area contributed by atoms with Crippen molar-refractivity contribution in [3.05, 3.63) is 27.9 Å². The Morgan fingerprint density at radius 1 is 1.38 bits per heavy atom. The lowest BCUT2D eigenvalue weighted by molar-refractivity contribution is -0.0537. The van der Waals surface area contributed by atoms with E-state index in [-0.39, 0.29) is 30.7 Å². The van der Waals surface area contributed by atoms with Crippen LogP contribution < -0.4 is 5.56 Å². The van der Waals surface area contributed by atoms with Gasteiger partial charge >= 0.3 is 7.60 Å². The van der Waals surface area contributed by atoms with E-state index in [0.717, 1.165) is 0 Å². The summed E-state index contributed by atoms with van der Waals surface area (Å²) in [6.45, 7) is 7.48. The molecular weight excluding hydrogens is 406 g/mol. The highest BCUT2D eigenvalue weighted by Crippen LogP contribution is 2.59. The van der Waals surface area contributed by atoms with Gasteiger partial charge in [0.25, 0.3) is 5.56 Å². The molecule has 1 aromatic heterocycles. The topological polar surface area (TPSA) is 142 Å². The number of ether oxygens (including phenoxy) is 1. The molecule has 7 atom stereocenters. The quantitative estimate of drug-likeness (QED) is 0.454. The Hall–Kier alpha value is -1.16. The van der Waals surface area contributed by atoms with Gasteiger partial charge in [-0.05, 0) is 33.6 Å². The van der Waals surface area contributed by atoms with Crippen molar-refractivity contribution in [3.8, 4) is 0 Å². The normalized spacial score (nSPS) is 31.1. The molecule has 1 aromatic rings. The molecule has 1 aliphatic heterocycles. The number of nitrogens with one attached hydrogen (secondary N) is 1. The van der Waals surface area contributed by atoms with E-state index in [1.165, 1.54) is 20.0 Å². The predicted molar refractivity (Wildman–Crippen MR) is 103 cm³/mol. The Bertz CT molecular complexity index is 833. The lowest BCUT2D eigenvalue weighted by Gasteiger charge is -2.37. The number of nitrogens with zero attached hydrogens (tertiary/aromatic N) is 1. The second kappa shape index (κ2) is 8.53. The van der Waals surface area contributed by atoms with E-state index in [1.807, 2.05) is 0 Å². The van der Waals surface area contributed by atoms with Gasteiger partial charge < -0.3 is 29.4 Å². The monoisotopic (exact) mass is 436 g/mol. The highest BCUT2D eigenvalue weighted by Gasteiger charge is 2.51. The molecule has 0 saturated carbocycles. The third kappa shape index (κ3) is 4.95. The Morgan fingerprint density at radius 3 is 2.52 bits per heavy atom. The molecule has 0 spiro atoms. The number of hydrogen-bond donors (Lipinski definition) is 4. The first kappa shape index (κ1) is 24.1. The summed E-state index contributed by atoms with van der Waals surface area (Å²) in [4.78, 5) is 28.2. The van der Waals surface area contributed by atoms with E-state index in [1.54, 1.807) is 20.8 Å². The molecule has 29 heavy (non-hydrogen) atoms. The summed E-state index contributed by atoms with van der Waals surface area (Å²) >= 11 is 0. The van der Waals surface area contributed by atoms with Crippen molar-refractivity contribution in [2.45, 2.75) is 89.3 Å². The van der Waals surface area contributed by atoms with Gasteiger partial charge in [0, 0.05) is 12.6 Å². The molecule has 1 saturated heterocycles. The number of H-pyrrole nitrogens is 1. The molecule has 0 bridgehead atoms. The number of aromatic amines is 1. The van der Waals surface area contributed by atoms with Gasteiger partial charge in [-0.15, -0.1) is 0 Å². The van der Waals surface area contributed by atoms with Crippen molar-refractivity contribution in [2.75, 3.05) is 0 Å². The Kier molecular flexibility index (Phi) is 7.09. The van der Waals surface area contributed by atoms with Gasteiger partial charge in [0.2, 0.25) is 0 Å². The number of aliphatic hydroxyl groups is 2. The van der Waals surface area contributed by atoms with Crippen LogP contribution in [-0.4, -0.2) is 54.4 Å². The fourth-order valence-electron chi connectivity index (χ4n) is 3.06.